The van der Waals surface area contributed by atoms with Gasteiger partial charge in [0, 0.05) is 12.8 Å². The van der Waals surface area contributed by atoms with Gasteiger partial charge in [-0.2, -0.15) is 0 Å². The number of carbonyl (C=O) groups excluding carboxylic acids is 2. The summed E-state index contributed by atoms with van der Waals surface area (Å²) in [7, 11) is 0. The molecular weight excluding hydrogens is 789 g/mol. The summed E-state index contributed by atoms with van der Waals surface area (Å²) in [6, 6.07) is 0. The molecule has 0 aromatic rings. The SMILES string of the molecule is CC/C=C\C/C=C\C/C=C\C/C=C\C/C=C\C/C=C\C/C=C\CCCCCCCCCCCCCCCCCC(=O)OC(CO)COC(=O)CCCCCCC/C=C\C/C=C\CCC. The quantitative estimate of drug-likeness (QED) is 0.0374. The van der Waals surface area contributed by atoms with Crippen molar-refractivity contribution in [3.05, 3.63) is 109 Å². The molecule has 0 spiro atoms. The van der Waals surface area contributed by atoms with E-state index in [9.17, 15) is 14.7 Å². The Morgan fingerprint density at radius 1 is 0.375 bits per heavy atom. The second-order valence-corrected chi connectivity index (χ2v) is 17.2. The molecule has 0 rings (SSSR count). The second-order valence-electron chi connectivity index (χ2n) is 17.2. The van der Waals surface area contributed by atoms with Gasteiger partial charge in [-0.15, -0.1) is 0 Å². The lowest BCUT2D eigenvalue weighted by Crippen LogP contribution is -2.28. The zero-order chi connectivity index (χ0) is 46.3. The van der Waals surface area contributed by atoms with Crippen molar-refractivity contribution >= 4 is 11.9 Å². The monoisotopic (exact) mass is 887 g/mol. The minimum atomic E-state index is -0.782. The van der Waals surface area contributed by atoms with E-state index in [2.05, 4.69) is 123 Å². The van der Waals surface area contributed by atoms with Crippen LogP contribution >= 0.6 is 0 Å². The van der Waals surface area contributed by atoms with Crippen LogP contribution in [0, 0.1) is 0 Å². The summed E-state index contributed by atoms with van der Waals surface area (Å²) in [6.45, 7) is 3.94. The third-order valence-corrected chi connectivity index (χ3v) is 11.0. The van der Waals surface area contributed by atoms with E-state index < -0.39 is 6.10 Å². The Morgan fingerprint density at radius 2 is 0.672 bits per heavy atom. The largest absolute Gasteiger partial charge is 0.462 e. The molecule has 5 nitrogen and oxygen atoms in total. The number of hydrogen-bond donors (Lipinski definition) is 1. The lowest BCUT2D eigenvalue weighted by molar-refractivity contribution is -0.161. The summed E-state index contributed by atoms with van der Waals surface area (Å²) >= 11 is 0. The summed E-state index contributed by atoms with van der Waals surface area (Å²) in [6.07, 6.45) is 77.7. The first-order valence-electron chi connectivity index (χ1n) is 26.4. The molecule has 0 amide bonds. The van der Waals surface area contributed by atoms with E-state index in [1.807, 2.05) is 0 Å². The molecule has 0 saturated heterocycles. The number of aliphatic hydroxyl groups is 1. The van der Waals surface area contributed by atoms with Gasteiger partial charge in [-0.3, -0.25) is 9.59 Å². The van der Waals surface area contributed by atoms with Gasteiger partial charge in [0.1, 0.15) is 6.61 Å². The number of aliphatic hydroxyl groups excluding tert-OH is 1. The summed E-state index contributed by atoms with van der Waals surface area (Å²) in [5.41, 5.74) is 0. The fourth-order valence-corrected chi connectivity index (χ4v) is 7.10. The first-order valence-corrected chi connectivity index (χ1v) is 26.4. The van der Waals surface area contributed by atoms with Crippen LogP contribution in [0.4, 0.5) is 0 Å². The Bertz CT molecular complexity index is 1280. The van der Waals surface area contributed by atoms with E-state index in [0.717, 1.165) is 103 Å². The summed E-state index contributed by atoms with van der Waals surface area (Å²) in [5.74, 6) is -0.610. The molecule has 0 radical (unpaired) electrons. The Labute approximate surface area is 395 Å². The third-order valence-electron chi connectivity index (χ3n) is 11.0. The molecule has 0 bridgehead atoms. The first kappa shape index (κ1) is 60.6. The van der Waals surface area contributed by atoms with Crippen molar-refractivity contribution in [1.82, 2.24) is 0 Å². The minimum absolute atomic E-state index is 0.0766. The van der Waals surface area contributed by atoms with Crippen molar-refractivity contribution < 1.29 is 24.2 Å². The predicted molar refractivity (Wildman–Crippen MR) is 279 cm³/mol. The van der Waals surface area contributed by atoms with Crippen LogP contribution in [0.25, 0.3) is 0 Å². The van der Waals surface area contributed by atoms with Crippen LogP contribution in [0.1, 0.15) is 232 Å². The Kier molecular flexibility index (Phi) is 51.0. The number of hydrogen-bond acceptors (Lipinski definition) is 5. The fourth-order valence-electron chi connectivity index (χ4n) is 7.10. The molecule has 0 aromatic heterocycles. The Morgan fingerprint density at radius 3 is 1.02 bits per heavy atom. The van der Waals surface area contributed by atoms with Crippen LogP contribution in [0.15, 0.2) is 109 Å². The molecule has 0 heterocycles. The number of esters is 2. The van der Waals surface area contributed by atoms with Crippen molar-refractivity contribution in [1.29, 1.82) is 0 Å². The van der Waals surface area contributed by atoms with Crippen LogP contribution in [-0.2, 0) is 19.1 Å². The highest BCUT2D eigenvalue weighted by Crippen LogP contribution is 2.15. The number of allylic oxidation sites excluding steroid dienone is 18. The van der Waals surface area contributed by atoms with Crippen molar-refractivity contribution in [3.63, 3.8) is 0 Å². The van der Waals surface area contributed by atoms with Gasteiger partial charge in [0.05, 0.1) is 6.61 Å². The lowest BCUT2D eigenvalue weighted by Gasteiger charge is -2.15. The van der Waals surface area contributed by atoms with Crippen LogP contribution in [-0.4, -0.2) is 36.4 Å². The summed E-state index contributed by atoms with van der Waals surface area (Å²) in [5, 5.41) is 9.61. The maximum absolute atomic E-state index is 12.3. The van der Waals surface area contributed by atoms with Crippen molar-refractivity contribution in [2.45, 2.75) is 238 Å². The maximum atomic E-state index is 12.3. The van der Waals surface area contributed by atoms with E-state index in [4.69, 9.17) is 9.47 Å². The van der Waals surface area contributed by atoms with Gasteiger partial charge in [0.2, 0.25) is 0 Å². The zero-order valence-electron chi connectivity index (χ0n) is 41.5. The van der Waals surface area contributed by atoms with Crippen molar-refractivity contribution in [2.75, 3.05) is 13.2 Å². The van der Waals surface area contributed by atoms with E-state index in [1.165, 1.54) is 103 Å². The molecule has 1 N–H and O–H groups in total. The smallest absolute Gasteiger partial charge is 0.306 e. The van der Waals surface area contributed by atoms with E-state index >= 15 is 0 Å². The van der Waals surface area contributed by atoms with Gasteiger partial charge >= 0.3 is 11.9 Å². The molecule has 0 aliphatic carbocycles. The average Bonchev–Trinajstić information content (AvgIpc) is 3.30. The molecule has 1 unspecified atom stereocenters. The van der Waals surface area contributed by atoms with E-state index in [1.54, 1.807) is 0 Å². The third kappa shape index (κ3) is 51.2. The highest BCUT2D eigenvalue weighted by Gasteiger charge is 2.16. The fraction of sp³-hybridized carbons (Fsp3) is 0.661. The van der Waals surface area contributed by atoms with E-state index in [0.29, 0.717) is 12.8 Å². The van der Waals surface area contributed by atoms with Crippen LogP contribution < -0.4 is 0 Å². The molecule has 0 aliphatic heterocycles. The van der Waals surface area contributed by atoms with Gasteiger partial charge in [0.25, 0.3) is 0 Å². The molecule has 0 saturated carbocycles. The lowest BCUT2D eigenvalue weighted by atomic mass is 10.0. The van der Waals surface area contributed by atoms with Gasteiger partial charge in [0.15, 0.2) is 6.10 Å². The van der Waals surface area contributed by atoms with Crippen molar-refractivity contribution in [2.24, 2.45) is 0 Å². The van der Waals surface area contributed by atoms with E-state index in [-0.39, 0.29) is 25.2 Å². The second kappa shape index (κ2) is 53.9. The first-order chi connectivity index (χ1) is 31.6. The highest BCUT2D eigenvalue weighted by atomic mass is 16.6. The van der Waals surface area contributed by atoms with Gasteiger partial charge < -0.3 is 14.6 Å². The number of unbranched alkanes of at least 4 members (excludes halogenated alkanes) is 21. The van der Waals surface area contributed by atoms with Crippen LogP contribution in [0.2, 0.25) is 0 Å². The maximum Gasteiger partial charge on any atom is 0.306 e. The number of rotatable bonds is 47. The number of ether oxygens (including phenoxy) is 2. The summed E-state index contributed by atoms with van der Waals surface area (Å²) < 4.78 is 10.6. The Balaban J connectivity index is 3.51. The molecule has 64 heavy (non-hydrogen) atoms. The molecular formula is C59H98O5. The standard InChI is InChI=1S/C59H98O5/c1-3-5-7-9-11-13-15-17-18-19-20-21-22-23-24-25-26-27-28-29-30-31-32-33-34-35-36-37-38-39-40-42-44-46-48-50-52-54-59(62)64-57(55-60)56-63-58(61)53-51-49-47-45-43-41-16-14-12-10-8-6-4-2/h5,7-8,10-11,13-14,16-18,20-21,23-24,26-27,29-30,57,60H,3-4,6,9,12,15,19,22,25,28,31-56H2,1-2H3/b7-5-,10-8-,13-11-,16-14-,18-17-,21-20-,24-23-,27-26-,30-29-. The molecule has 5 heteroatoms. The van der Waals surface area contributed by atoms with Crippen LogP contribution in [0.3, 0.4) is 0 Å². The van der Waals surface area contributed by atoms with Gasteiger partial charge in [-0.1, -0.05) is 232 Å². The van der Waals surface area contributed by atoms with Gasteiger partial charge in [-0.25, -0.2) is 0 Å². The molecule has 364 valence electrons. The molecule has 0 aromatic carbocycles. The highest BCUT2D eigenvalue weighted by molar-refractivity contribution is 5.70. The molecule has 0 aliphatic rings. The minimum Gasteiger partial charge on any atom is -0.462 e. The van der Waals surface area contributed by atoms with Crippen LogP contribution in [0.5, 0.6) is 0 Å². The van der Waals surface area contributed by atoms with Crippen molar-refractivity contribution in [3.8, 4) is 0 Å². The number of carbonyl (C=O) groups is 2. The predicted octanol–water partition coefficient (Wildman–Crippen LogP) is 17.7. The zero-order valence-corrected chi connectivity index (χ0v) is 41.5. The topological polar surface area (TPSA) is 72.8 Å². The Hall–Kier alpha value is -3.44. The molecule has 1 atom stereocenters. The average molecular weight is 887 g/mol. The molecule has 0 fully saturated rings. The normalized spacial score (nSPS) is 13.1. The summed E-state index contributed by atoms with van der Waals surface area (Å²) in [4.78, 5) is 24.4. The van der Waals surface area contributed by atoms with Gasteiger partial charge in [-0.05, 0) is 96.3 Å².